The van der Waals surface area contributed by atoms with Crippen molar-refractivity contribution in [1.29, 1.82) is 0 Å². The summed E-state index contributed by atoms with van der Waals surface area (Å²) in [6, 6.07) is 28.1. The van der Waals surface area contributed by atoms with Crippen LogP contribution in [0.15, 0.2) is 97.2 Å². The highest BCUT2D eigenvalue weighted by Crippen LogP contribution is 2.42. The SMILES string of the molecule is C[C@@H]1[C@H](CN(C)CCc2ccccn2)O[C@H](c2ccc(-c3cccc(CNC(=O)c4c(F)c(F)c(F)c(F)c4F)c3)cc2)O[C@@H]1c1ccc(CO)cc1. The number of pyridine rings is 1. The lowest BCUT2D eigenvalue weighted by Crippen LogP contribution is -2.43. The van der Waals surface area contributed by atoms with Crippen molar-refractivity contribution in [2.75, 3.05) is 20.1 Å². The normalized spacial score (nSPS) is 18.7. The maximum absolute atomic E-state index is 14.1. The number of ether oxygens (including phenoxy) is 2. The number of aromatic nitrogens is 1. The van der Waals surface area contributed by atoms with E-state index in [0.29, 0.717) is 12.1 Å². The van der Waals surface area contributed by atoms with Gasteiger partial charge < -0.3 is 24.8 Å². The van der Waals surface area contributed by atoms with Crippen molar-refractivity contribution in [2.24, 2.45) is 5.92 Å². The molecule has 1 aromatic heterocycles. The van der Waals surface area contributed by atoms with E-state index in [1.165, 1.54) is 0 Å². The van der Waals surface area contributed by atoms with Crippen LogP contribution in [0.25, 0.3) is 11.1 Å². The van der Waals surface area contributed by atoms with Crippen LogP contribution in [0.2, 0.25) is 0 Å². The van der Waals surface area contributed by atoms with Gasteiger partial charge in [0.25, 0.3) is 5.91 Å². The fourth-order valence-electron chi connectivity index (χ4n) is 6.35. The molecule has 2 heterocycles. The number of benzene rings is 4. The first-order valence-corrected chi connectivity index (χ1v) is 17.1. The van der Waals surface area contributed by atoms with E-state index >= 15 is 0 Å². The van der Waals surface area contributed by atoms with Crippen molar-refractivity contribution >= 4 is 5.91 Å². The maximum atomic E-state index is 14.1. The number of aliphatic hydroxyl groups is 1. The zero-order valence-corrected chi connectivity index (χ0v) is 29.0. The van der Waals surface area contributed by atoms with E-state index in [2.05, 4.69) is 29.2 Å². The van der Waals surface area contributed by atoms with Gasteiger partial charge >= 0.3 is 0 Å². The average molecular weight is 732 g/mol. The second-order valence-electron chi connectivity index (χ2n) is 13.1. The highest BCUT2D eigenvalue weighted by molar-refractivity contribution is 5.94. The molecular weight excluding hydrogens is 693 g/mol. The van der Waals surface area contributed by atoms with Crippen LogP contribution in [0.4, 0.5) is 22.0 Å². The summed E-state index contributed by atoms with van der Waals surface area (Å²) in [5, 5.41) is 11.8. The Balaban J connectivity index is 1.16. The van der Waals surface area contributed by atoms with E-state index in [9.17, 15) is 31.9 Å². The molecule has 1 fully saturated rings. The zero-order valence-electron chi connectivity index (χ0n) is 29.0. The van der Waals surface area contributed by atoms with Crippen LogP contribution in [-0.4, -0.2) is 47.1 Å². The van der Waals surface area contributed by atoms with E-state index in [-0.39, 0.29) is 31.3 Å². The number of nitrogens with zero attached hydrogens (tertiary/aromatic N) is 2. The molecule has 6 rings (SSSR count). The van der Waals surface area contributed by atoms with Gasteiger partial charge in [-0.1, -0.05) is 79.7 Å². The van der Waals surface area contributed by atoms with Gasteiger partial charge in [-0.25, -0.2) is 22.0 Å². The van der Waals surface area contributed by atoms with Crippen LogP contribution >= 0.6 is 0 Å². The standard InChI is InChI=1S/C41H38F5N3O4/c1-24-32(22-49(2)19-17-31-8-3-4-18-47-31)52-41(53-39(24)28-11-9-25(23-50)10-12-28)29-15-13-27(14-16-29)30-7-5-6-26(20-30)21-48-40(51)33-34(42)36(44)38(46)37(45)35(33)43/h3-16,18,20,24,32,39,41,50H,17,19,21-23H2,1-2H3,(H,48,51)/t24-,32+,39+,41+/m1/s1. The molecule has 1 saturated heterocycles. The number of nitrogens with one attached hydrogen (secondary N) is 1. The number of aliphatic hydroxyl groups excluding tert-OH is 1. The highest BCUT2D eigenvalue weighted by atomic mass is 19.2. The van der Waals surface area contributed by atoms with Crippen molar-refractivity contribution in [3.8, 4) is 11.1 Å². The van der Waals surface area contributed by atoms with E-state index < -0.39 is 46.8 Å². The fourth-order valence-corrected chi connectivity index (χ4v) is 6.35. The Hall–Kier alpha value is -5.01. The number of halogens is 5. The number of rotatable bonds is 12. The van der Waals surface area contributed by atoms with Gasteiger partial charge in [-0.15, -0.1) is 0 Å². The minimum atomic E-state index is -2.33. The molecule has 2 N–H and O–H groups in total. The summed E-state index contributed by atoms with van der Waals surface area (Å²) in [4.78, 5) is 19.1. The van der Waals surface area contributed by atoms with E-state index in [0.717, 1.165) is 46.5 Å². The van der Waals surface area contributed by atoms with Crippen molar-refractivity contribution in [3.63, 3.8) is 0 Å². The number of carbonyl (C=O) groups excluding carboxylic acids is 1. The summed E-state index contributed by atoms with van der Waals surface area (Å²) in [5.74, 6) is -12.5. The molecule has 1 amide bonds. The Morgan fingerprint density at radius 1 is 0.792 bits per heavy atom. The summed E-state index contributed by atoms with van der Waals surface area (Å²) in [6.45, 7) is 3.27. The van der Waals surface area contributed by atoms with Gasteiger partial charge in [-0.05, 0) is 53.1 Å². The Labute approximate surface area is 304 Å². The minimum absolute atomic E-state index is 0.000112. The van der Waals surface area contributed by atoms with Gasteiger partial charge in [0, 0.05) is 49.4 Å². The number of amides is 1. The summed E-state index contributed by atoms with van der Waals surface area (Å²) in [6.07, 6.45) is 1.44. The topological polar surface area (TPSA) is 83.9 Å². The minimum Gasteiger partial charge on any atom is -0.392 e. The third-order valence-corrected chi connectivity index (χ3v) is 9.42. The first-order chi connectivity index (χ1) is 25.5. The molecule has 0 saturated carbocycles. The number of hydrogen-bond donors (Lipinski definition) is 2. The largest absolute Gasteiger partial charge is 0.392 e. The molecule has 1 aliphatic heterocycles. The second-order valence-corrected chi connectivity index (χ2v) is 13.1. The third kappa shape index (κ3) is 8.63. The van der Waals surface area contributed by atoms with Crippen molar-refractivity contribution in [3.05, 3.63) is 160 Å². The smallest absolute Gasteiger partial charge is 0.257 e. The van der Waals surface area contributed by atoms with Gasteiger partial charge in [-0.2, -0.15) is 0 Å². The lowest BCUT2D eigenvalue weighted by Gasteiger charge is -2.42. The first kappa shape index (κ1) is 37.7. The van der Waals surface area contributed by atoms with Gasteiger partial charge in [-0.3, -0.25) is 9.78 Å². The third-order valence-electron chi connectivity index (χ3n) is 9.42. The lowest BCUT2D eigenvalue weighted by atomic mass is 9.90. The molecule has 0 unspecified atom stereocenters. The number of carbonyl (C=O) groups is 1. The van der Waals surface area contributed by atoms with Crippen molar-refractivity contribution in [1.82, 2.24) is 15.2 Å². The monoisotopic (exact) mass is 731 g/mol. The molecule has 0 spiro atoms. The molecule has 4 aromatic carbocycles. The molecule has 12 heteroatoms. The Morgan fingerprint density at radius 3 is 2.13 bits per heavy atom. The predicted molar refractivity (Wildman–Crippen MR) is 188 cm³/mol. The van der Waals surface area contributed by atoms with Crippen LogP contribution in [0.5, 0.6) is 0 Å². The van der Waals surface area contributed by atoms with Gasteiger partial charge in [0.15, 0.2) is 29.6 Å². The lowest BCUT2D eigenvalue weighted by molar-refractivity contribution is -0.275. The number of hydrogen-bond acceptors (Lipinski definition) is 6. The van der Waals surface area contributed by atoms with E-state index in [1.807, 2.05) is 72.8 Å². The van der Waals surface area contributed by atoms with Gasteiger partial charge in [0.05, 0.1) is 18.8 Å². The zero-order chi connectivity index (χ0) is 37.6. The van der Waals surface area contributed by atoms with Gasteiger partial charge in [0.1, 0.15) is 5.56 Å². The Morgan fingerprint density at radius 2 is 1.47 bits per heavy atom. The van der Waals surface area contributed by atoms with Crippen molar-refractivity contribution < 1.29 is 41.3 Å². The van der Waals surface area contributed by atoms with E-state index in [4.69, 9.17) is 9.47 Å². The molecule has 0 aliphatic carbocycles. The molecule has 5 aromatic rings. The van der Waals surface area contributed by atoms with Gasteiger partial charge in [0.2, 0.25) is 5.82 Å². The molecule has 4 atom stereocenters. The maximum Gasteiger partial charge on any atom is 0.257 e. The molecule has 0 radical (unpaired) electrons. The van der Waals surface area contributed by atoms with E-state index in [1.54, 1.807) is 24.4 Å². The summed E-state index contributed by atoms with van der Waals surface area (Å²) >= 11 is 0. The first-order valence-electron chi connectivity index (χ1n) is 17.1. The molecule has 7 nitrogen and oxygen atoms in total. The highest BCUT2D eigenvalue weighted by Gasteiger charge is 2.39. The molecule has 53 heavy (non-hydrogen) atoms. The summed E-state index contributed by atoms with van der Waals surface area (Å²) < 4.78 is 82.2. The van der Waals surface area contributed by atoms with Crippen LogP contribution in [0, 0.1) is 35.0 Å². The van der Waals surface area contributed by atoms with Crippen LogP contribution in [-0.2, 0) is 29.0 Å². The summed E-state index contributed by atoms with van der Waals surface area (Å²) in [7, 11) is 2.06. The predicted octanol–water partition coefficient (Wildman–Crippen LogP) is 7.83. The Kier molecular flexibility index (Phi) is 11.9. The Bertz CT molecular complexity index is 2000. The number of likely N-dealkylation sites (N-methyl/N-ethyl adjacent to an activating group) is 1. The van der Waals surface area contributed by atoms with Crippen LogP contribution < -0.4 is 5.32 Å². The average Bonchev–Trinajstić information content (AvgIpc) is 3.19. The quantitative estimate of drug-likeness (QED) is 0.0774. The molecule has 276 valence electrons. The second kappa shape index (κ2) is 16.8. The molecule has 0 bridgehead atoms. The van der Waals surface area contributed by atoms with Crippen molar-refractivity contribution in [2.45, 2.75) is 45.0 Å². The molecule has 1 aliphatic rings. The fraction of sp³-hybridized carbons (Fsp3) is 0.268. The van der Waals surface area contributed by atoms with Crippen LogP contribution in [0.3, 0.4) is 0 Å². The van der Waals surface area contributed by atoms with Crippen LogP contribution in [0.1, 0.15) is 57.6 Å². The molecular formula is C41H38F5N3O4. The summed E-state index contributed by atoms with van der Waals surface area (Å²) in [5.41, 5.74) is 4.15.